The van der Waals surface area contributed by atoms with Crippen LogP contribution in [0.5, 0.6) is 11.5 Å². The van der Waals surface area contributed by atoms with Crippen LogP contribution in [0.15, 0.2) is 103 Å². The minimum Gasteiger partial charge on any atom is -0.478 e. The molecule has 0 spiro atoms. The number of ether oxygens (including phenoxy) is 1. The van der Waals surface area contributed by atoms with E-state index in [2.05, 4.69) is 12.2 Å². The maximum Gasteiger partial charge on any atom is 0.337 e. The Hall–Kier alpha value is -4.91. The standard InChI is InChI=1S/C31H28N2O5/c1-2-3-20-33(30(35)23-12-8-5-9-13-23)24-14-16-25(17-15-24)38-26-18-19-28(27(21-26)31(36)37)32-29(34)22-10-6-4-7-11-22/h4-19,21H,2-3,20H2,1H3,(H,32,34)(H,36,37). The summed E-state index contributed by atoms with van der Waals surface area (Å²) in [5.41, 5.74) is 1.85. The van der Waals surface area contributed by atoms with Gasteiger partial charge in [0, 0.05) is 23.4 Å². The fourth-order valence-corrected chi connectivity index (χ4v) is 3.89. The molecule has 0 bridgehead atoms. The van der Waals surface area contributed by atoms with Crippen molar-refractivity contribution in [2.45, 2.75) is 19.8 Å². The quantitative estimate of drug-likeness (QED) is 0.244. The molecular formula is C31H28N2O5. The third kappa shape index (κ3) is 6.44. The molecule has 0 atom stereocenters. The first kappa shape index (κ1) is 26.2. The molecule has 7 nitrogen and oxygen atoms in total. The molecule has 192 valence electrons. The van der Waals surface area contributed by atoms with E-state index < -0.39 is 11.9 Å². The molecule has 0 unspecified atom stereocenters. The van der Waals surface area contributed by atoms with Crippen LogP contribution in [-0.2, 0) is 0 Å². The van der Waals surface area contributed by atoms with Gasteiger partial charge in [0.2, 0.25) is 0 Å². The number of rotatable bonds is 10. The van der Waals surface area contributed by atoms with E-state index in [4.69, 9.17) is 4.74 Å². The molecule has 4 rings (SSSR count). The van der Waals surface area contributed by atoms with Crippen molar-refractivity contribution < 1.29 is 24.2 Å². The van der Waals surface area contributed by atoms with Gasteiger partial charge in [0.25, 0.3) is 11.8 Å². The second-order valence-electron chi connectivity index (χ2n) is 8.61. The third-order valence-corrected chi connectivity index (χ3v) is 5.89. The fraction of sp³-hybridized carbons (Fsp3) is 0.129. The van der Waals surface area contributed by atoms with Crippen LogP contribution in [0.1, 0.15) is 50.8 Å². The van der Waals surface area contributed by atoms with E-state index in [0.717, 1.165) is 18.5 Å². The lowest BCUT2D eigenvalue weighted by Gasteiger charge is -2.23. The third-order valence-electron chi connectivity index (χ3n) is 5.89. The smallest absolute Gasteiger partial charge is 0.337 e. The van der Waals surface area contributed by atoms with E-state index >= 15 is 0 Å². The molecule has 0 aromatic heterocycles. The predicted octanol–water partition coefficient (Wildman–Crippen LogP) is 6.88. The number of unbranched alkanes of at least 4 members (excludes halogenated alkanes) is 1. The summed E-state index contributed by atoms with van der Waals surface area (Å²) < 4.78 is 5.90. The molecular weight excluding hydrogens is 480 g/mol. The van der Waals surface area contributed by atoms with Crippen molar-refractivity contribution in [3.63, 3.8) is 0 Å². The number of hydrogen-bond acceptors (Lipinski definition) is 4. The summed E-state index contributed by atoms with van der Waals surface area (Å²) in [5.74, 6) is -0.896. The normalized spacial score (nSPS) is 10.4. The summed E-state index contributed by atoms with van der Waals surface area (Å²) >= 11 is 0. The molecule has 0 saturated carbocycles. The summed E-state index contributed by atoms with van der Waals surface area (Å²) in [5, 5.41) is 12.4. The number of amides is 2. The van der Waals surface area contributed by atoms with Gasteiger partial charge in [-0.3, -0.25) is 9.59 Å². The zero-order valence-electron chi connectivity index (χ0n) is 21.0. The van der Waals surface area contributed by atoms with Gasteiger partial charge in [-0.05, 0) is 73.2 Å². The predicted molar refractivity (Wildman–Crippen MR) is 147 cm³/mol. The number of carboxylic acids is 1. The first-order valence-electron chi connectivity index (χ1n) is 12.3. The van der Waals surface area contributed by atoms with Crippen LogP contribution in [-0.4, -0.2) is 29.4 Å². The molecule has 0 aliphatic carbocycles. The summed E-state index contributed by atoms with van der Waals surface area (Å²) in [4.78, 5) is 39.3. The summed E-state index contributed by atoms with van der Waals surface area (Å²) in [6, 6.07) is 29.2. The molecule has 4 aromatic carbocycles. The van der Waals surface area contributed by atoms with Crippen LogP contribution >= 0.6 is 0 Å². The van der Waals surface area contributed by atoms with Gasteiger partial charge in [-0.15, -0.1) is 0 Å². The topological polar surface area (TPSA) is 95.9 Å². The first-order valence-corrected chi connectivity index (χ1v) is 12.3. The highest BCUT2D eigenvalue weighted by molar-refractivity contribution is 6.08. The minimum absolute atomic E-state index is 0.0769. The summed E-state index contributed by atoms with van der Waals surface area (Å²) in [6.45, 7) is 2.66. The van der Waals surface area contributed by atoms with Gasteiger partial charge in [0.15, 0.2) is 0 Å². The van der Waals surface area contributed by atoms with E-state index in [1.165, 1.54) is 12.1 Å². The molecule has 4 aromatic rings. The molecule has 38 heavy (non-hydrogen) atoms. The monoisotopic (exact) mass is 508 g/mol. The van der Waals surface area contributed by atoms with Crippen LogP contribution in [0.3, 0.4) is 0 Å². The number of anilines is 2. The van der Waals surface area contributed by atoms with Crippen molar-refractivity contribution in [1.29, 1.82) is 0 Å². The van der Waals surface area contributed by atoms with Crippen LogP contribution in [0.4, 0.5) is 11.4 Å². The second-order valence-corrected chi connectivity index (χ2v) is 8.61. The largest absolute Gasteiger partial charge is 0.478 e. The fourth-order valence-electron chi connectivity index (χ4n) is 3.89. The van der Waals surface area contributed by atoms with Gasteiger partial charge in [0.05, 0.1) is 11.3 Å². The highest BCUT2D eigenvalue weighted by Crippen LogP contribution is 2.29. The maximum absolute atomic E-state index is 13.1. The molecule has 7 heteroatoms. The van der Waals surface area contributed by atoms with Crippen LogP contribution < -0.4 is 15.0 Å². The van der Waals surface area contributed by atoms with Crippen LogP contribution in [0.25, 0.3) is 0 Å². The van der Waals surface area contributed by atoms with Gasteiger partial charge < -0.3 is 20.1 Å². The molecule has 0 aliphatic rings. The minimum atomic E-state index is -1.19. The lowest BCUT2D eigenvalue weighted by molar-refractivity contribution is 0.0697. The van der Waals surface area contributed by atoms with Crippen LogP contribution in [0, 0.1) is 0 Å². The van der Waals surface area contributed by atoms with Crippen molar-refractivity contribution in [2.24, 2.45) is 0 Å². The lowest BCUT2D eigenvalue weighted by Crippen LogP contribution is -2.31. The van der Waals surface area contributed by atoms with Crippen molar-refractivity contribution in [3.05, 3.63) is 120 Å². The maximum atomic E-state index is 13.1. The van der Waals surface area contributed by atoms with E-state index in [0.29, 0.717) is 29.2 Å². The molecule has 0 heterocycles. The highest BCUT2D eigenvalue weighted by Gasteiger charge is 2.18. The average molecular weight is 509 g/mol. The number of nitrogens with one attached hydrogen (secondary N) is 1. The van der Waals surface area contributed by atoms with Gasteiger partial charge in [-0.2, -0.15) is 0 Å². The Morgan fingerprint density at radius 3 is 2.00 bits per heavy atom. The van der Waals surface area contributed by atoms with Crippen molar-refractivity contribution >= 4 is 29.2 Å². The van der Waals surface area contributed by atoms with Crippen molar-refractivity contribution in [1.82, 2.24) is 0 Å². The Labute approximate surface area is 221 Å². The zero-order valence-corrected chi connectivity index (χ0v) is 21.0. The number of carbonyl (C=O) groups is 3. The van der Waals surface area contributed by atoms with E-state index in [9.17, 15) is 19.5 Å². The van der Waals surface area contributed by atoms with E-state index in [1.54, 1.807) is 77.7 Å². The number of carboxylic acid groups (broad SMARTS) is 1. The summed E-state index contributed by atoms with van der Waals surface area (Å²) in [6.07, 6.45) is 1.81. The Morgan fingerprint density at radius 2 is 1.39 bits per heavy atom. The van der Waals surface area contributed by atoms with Crippen molar-refractivity contribution in [3.8, 4) is 11.5 Å². The van der Waals surface area contributed by atoms with Crippen LogP contribution in [0.2, 0.25) is 0 Å². The Morgan fingerprint density at radius 1 is 0.789 bits per heavy atom. The number of nitrogens with zero attached hydrogens (tertiary/aromatic N) is 1. The van der Waals surface area contributed by atoms with Gasteiger partial charge in [0.1, 0.15) is 11.5 Å². The second kappa shape index (κ2) is 12.4. The molecule has 2 amide bonds. The lowest BCUT2D eigenvalue weighted by atomic mass is 10.1. The number of benzene rings is 4. The molecule has 0 aliphatic heterocycles. The van der Waals surface area contributed by atoms with E-state index in [1.807, 2.05) is 18.2 Å². The zero-order chi connectivity index (χ0) is 26.9. The number of carbonyl (C=O) groups excluding carboxylic acids is 2. The Balaban J connectivity index is 1.51. The van der Waals surface area contributed by atoms with E-state index in [-0.39, 0.29) is 17.2 Å². The first-order chi connectivity index (χ1) is 18.5. The van der Waals surface area contributed by atoms with Crippen molar-refractivity contribution in [2.75, 3.05) is 16.8 Å². The molecule has 0 saturated heterocycles. The Bertz CT molecular complexity index is 1400. The molecule has 0 fully saturated rings. The SMILES string of the molecule is CCCCN(C(=O)c1ccccc1)c1ccc(Oc2ccc(NC(=O)c3ccccc3)c(C(=O)O)c2)cc1. The number of hydrogen-bond donors (Lipinski definition) is 2. The number of aromatic carboxylic acids is 1. The average Bonchev–Trinajstić information content (AvgIpc) is 2.95. The summed E-state index contributed by atoms with van der Waals surface area (Å²) in [7, 11) is 0. The van der Waals surface area contributed by atoms with Gasteiger partial charge >= 0.3 is 5.97 Å². The Kier molecular flexibility index (Phi) is 8.51. The molecule has 0 radical (unpaired) electrons. The highest BCUT2D eigenvalue weighted by atomic mass is 16.5. The van der Waals surface area contributed by atoms with Gasteiger partial charge in [-0.1, -0.05) is 49.7 Å². The molecule has 2 N–H and O–H groups in total. The van der Waals surface area contributed by atoms with Gasteiger partial charge in [-0.25, -0.2) is 4.79 Å².